The molecule has 0 radical (unpaired) electrons. The number of benzene rings is 2. The first kappa shape index (κ1) is 14.0. The van der Waals surface area contributed by atoms with Crippen LogP contribution in [-0.4, -0.2) is 13.2 Å². The standard InChI is InChI=1S/C17H22OSi/c1-13(18)16-10-5-6-11-17(16)14-8-7-9-15(12-14)19(2,3)4/h5-13,18H,1-4H3. The summed E-state index contributed by atoms with van der Waals surface area (Å²) in [7, 11) is -1.30. The summed E-state index contributed by atoms with van der Waals surface area (Å²) in [5.74, 6) is 0. The molecule has 0 bridgehead atoms. The van der Waals surface area contributed by atoms with Crippen molar-refractivity contribution in [2.45, 2.75) is 32.7 Å². The van der Waals surface area contributed by atoms with Crippen LogP contribution in [0.15, 0.2) is 48.5 Å². The molecule has 19 heavy (non-hydrogen) atoms. The maximum absolute atomic E-state index is 9.90. The summed E-state index contributed by atoms with van der Waals surface area (Å²) in [6.45, 7) is 8.88. The number of aliphatic hydroxyl groups is 1. The normalized spacial score (nSPS) is 13.3. The van der Waals surface area contributed by atoms with Gasteiger partial charge in [-0.25, -0.2) is 0 Å². The summed E-state index contributed by atoms with van der Waals surface area (Å²) in [5.41, 5.74) is 3.34. The van der Waals surface area contributed by atoms with Crippen molar-refractivity contribution in [3.8, 4) is 11.1 Å². The van der Waals surface area contributed by atoms with Crippen LogP contribution in [0.3, 0.4) is 0 Å². The molecule has 1 unspecified atom stereocenters. The number of hydrogen-bond acceptors (Lipinski definition) is 1. The molecule has 0 amide bonds. The van der Waals surface area contributed by atoms with Crippen molar-refractivity contribution in [3.63, 3.8) is 0 Å². The molecule has 0 aliphatic rings. The molecular formula is C17H22OSi. The van der Waals surface area contributed by atoms with Gasteiger partial charge >= 0.3 is 0 Å². The molecule has 2 aromatic rings. The van der Waals surface area contributed by atoms with E-state index in [1.807, 2.05) is 25.1 Å². The van der Waals surface area contributed by atoms with Crippen molar-refractivity contribution in [2.75, 3.05) is 0 Å². The molecule has 1 nitrogen and oxygen atoms in total. The Morgan fingerprint density at radius 1 is 0.947 bits per heavy atom. The van der Waals surface area contributed by atoms with Gasteiger partial charge in [0.2, 0.25) is 0 Å². The van der Waals surface area contributed by atoms with Gasteiger partial charge in [0.05, 0.1) is 14.2 Å². The Balaban J connectivity index is 2.54. The highest BCUT2D eigenvalue weighted by atomic mass is 28.3. The van der Waals surface area contributed by atoms with Gasteiger partial charge in [-0.05, 0) is 23.6 Å². The maximum atomic E-state index is 9.90. The molecule has 0 saturated heterocycles. The minimum Gasteiger partial charge on any atom is -0.389 e. The van der Waals surface area contributed by atoms with Crippen molar-refractivity contribution >= 4 is 13.3 Å². The first-order chi connectivity index (χ1) is 8.89. The van der Waals surface area contributed by atoms with Crippen molar-refractivity contribution in [2.24, 2.45) is 0 Å². The largest absolute Gasteiger partial charge is 0.389 e. The summed E-state index contributed by atoms with van der Waals surface area (Å²) in [5, 5.41) is 11.4. The van der Waals surface area contributed by atoms with Crippen LogP contribution in [0.1, 0.15) is 18.6 Å². The van der Waals surface area contributed by atoms with Crippen LogP contribution in [0.25, 0.3) is 11.1 Å². The third-order valence-corrected chi connectivity index (χ3v) is 5.49. The molecular weight excluding hydrogens is 248 g/mol. The molecule has 1 atom stereocenters. The Morgan fingerprint density at radius 2 is 1.63 bits per heavy atom. The van der Waals surface area contributed by atoms with Gasteiger partial charge in [-0.2, -0.15) is 0 Å². The predicted molar refractivity (Wildman–Crippen MR) is 85.5 cm³/mol. The summed E-state index contributed by atoms with van der Waals surface area (Å²) in [4.78, 5) is 0. The van der Waals surface area contributed by atoms with Gasteiger partial charge < -0.3 is 5.11 Å². The second kappa shape index (κ2) is 5.31. The highest BCUT2D eigenvalue weighted by molar-refractivity contribution is 6.88. The molecule has 2 heteroatoms. The van der Waals surface area contributed by atoms with Crippen molar-refractivity contribution < 1.29 is 5.11 Å². The fraction of sp³-hybridized carbons (Fsp3) is 0.294. The zero-order chi connectivity index (χ0) is 14.0. The van der Waals surface area contributed by atoms with Crippen LogP contribution in [0.2, 0.25) is 19.6 Å². The van der Waals surface area contributed by atoms with Crippen LogP contribution in [-0.2, 0) is 0 Å². The minimum absolute atomic E-state index is 0.438. The van der Waals surface area contributed by atoms with Gasteiger partial charge in [0, 0.05) is 0 Å². The number of rotatable bonds is 3. The molecule has 0 aliphatic heterocycles. The van der Waals surface area contributed by atoms with Gasteiger partial charge in [0.25, 0.3) is 0 Å². The highest BCUT2D eigenvalue weighted by Gasteiger charge is 2.17. The van der Waals surface area contributed by atoms with Gasteiger partial charge in [-0.3, -0.25) is 0 Å². The van der Waals surface area contributed by atoms with E-state index in [9.17, 15) is 5.11 Å². The highest BCUT2D eigenvalue weighted by Crippen LogP contribution is 2.27. The Kier molecular flexibility index (Phi) is 3.93. The van der Waals surface area contributed by atoms with Gasteiger partial charge in [0.1, 0.15) is 0 Å². The molecule has 0 saturated carbocycles. The lowest BCUT2D eigenvalue weighted by Gasteiger charge is -2.19. The minimum atomic E-state index is -1.30. The number of hydrogen-bond donors (Lipinski definition) is 1. The Morgan fingerprint density at radius 3 is 2.26 bits per heavy atom. The third kappa shape index (κ3) is 3.14. The van der Waals surface area contributed by atoms with E-state index in [1.165, 1.54) is 10.8 Å². The van der Waals surface area contributed by atoms with Crippen molar-refractivity contribution in [1.29, 1.82) is 0 Å². The summed E-state index contributed by atoms with van der Waals surface area (Å²) >= 11 is 0. The smallest absolute Gasteiger partial charge is 0.0776 e. The van der Waals surface area contributed by atoms with Crippen LogP contribution < -0.4 is 5.19 Å². The molecule has 2 aromatic carbocycles. The lowest BCUT2D eigenvalue weighted by molar-refractivity contribution is 0.200. The first-order valence-corrected chi connectivity index (χ1v) is 10.3. The SMILES string of the molecule is CC(O)c1ccccc1-c1cccc([Si](C)(C)C)c1. The first-order valence-electron chi connectivity index (χ1n) is 6.77. The maximum Gasteiger partial charge on any atom is 0.0776 e. The van der Waals surface area contributed by atoms with Crippen LogP contribution in [0.5, 0.6) is 0 Å². The van der Waals surface area contributed by atoms with E-state index in [4.69, 9.17) is 0 Å². The van der Waals surface area contributed by atoms with E-state index in [2.05, 4.69) is 50.0 Å². The topological polar surface area (TPSA) is 20.2 Å². The summed E-state index contributed by atoms with van der Waals surface area (Å²) in [6, 6.07) is 16.9. The Labute approximate surface area is 116 Å². The van der Waals surface area contributed by atoms with Crippen LogP contribution in [0.4, 0.5) is 0 Å². The van der Waals surface area contributed by atoms with E-state index >= 15 is 0 Å². The average Bonchev–Trinajstić information content (AvgIpc) is 2.38. The van der Waals surface area contributed by atoms with E-state index in [-0.39, 0.29) is 0 Å². The monoisotopic (exact) mass is 270 g/mol. The Hall–Kier alpha value is -1.38. The van der Waals surface area contributed by atoms with E-state index in [0.717, 1.165) is 11.1 Å². The van der Waals surface area contributed by atoms with Gasteiger partial charge in [0.15, 0.2) is 0 Å². The average molecular weight is 270 g/mol. The van der Waals surface area contributed by atoms with Crippen LogP contribution >= 0.6 is 0 Å². The molecule has 0 aliphatic carbocycles. The third-order valence-electron chi connectivity index (χ3n) is 3.45. The van der Waals surface area contributed by atoms with E-state index in [1.54, 1.807) is 0 Å². The van der Waals surface area contributed by atoms with Gasteiger partial charge in [-0.1, -0.05) is 73.4 Å². The lowest BCUT2D eigenvalue weighted by Crippen LogP contribution is -2.37. The molecule has 0 heterocycles. The molecule has 1 N–H and O–H groups in total. The second-order valence-corrected chi connectivity index (χ2v) is 11.2. The zero-order valence-corrected chi connectivity index (χ0v) is 13.1. The lowest BCUT2D eigenvalue weighted by atomic mass is 9.97. The van der Waals surface area contributed by atoms with Gasteiger partial charge in [-0.15, -0.1) is 0 Å². The summed E-state index contributed by atoms with van der Waals surface area (Å²) in [6.07, 6.45) is -0.438. The molecule has 2 rings (SSSR count). The van der Waals surface area contributed by atoms with E-state index in [0.29, 0.717) is 0 Å². The fourth-order valence-corrected chi connectivity index (χ4v) is 3.46. The van der Waals surface area contributed by atoms with Crippen molar-refractivity contribution in [3.05, 3.63) is 54.1 Å². The van der Waals surface area contributed by atoms with Crippen LogP contribution in [0, 0.1) is 0 Å². The number of aliphatic hydroxyl groups excluding tert-OH is 1. The zero-order valence-electron chi connectivity index (χ0n) is 12.1. The van der Waals surface area contributed by atoms with E-state index < -0.39 is 14.2 Å². The molecule has 0 fully saturated rings. The predicted octanol–water partition coefficient (Wildman–Crippen LogP) is 3.95. The fourth-order valence-electron chi connectivity index (χ4n) is 2.28. The molecule has 100 valence electrons. The Bertz CT molecular complexity index is 567. The summed E-state index contributed by atoms with van der Waals surface area (Å²) < 4.78 is 0. The molecule has 0 spiro atoms. The van der Waals surface area contributed by atoms with Crippen molar-refractivity contribution in [1.82, 2.24) is 0 Å². The second-order valence-electron chi connectivity index (χ2n) is 6.09. The quantitative estimate of drug-likeness (QED) is 0.837. The molecule has 0 aromatic heterocycles.